The van der Waals surface area contributed by atoms with E-state index in [0.717, 1.165) is 12.8 Å². The lowest BCUT2D eigenvalue weighted by molar-refractivity contribution is -0.0121. The zero-order valence-electron chi connectivity index (χ0n) is 13.8. The average Bonchev–Trinajstić information content (AvgIpc) is 2.30. The molecular formula is C16H38O. The highest BCUT2D eigenvalue weighted by Crippen LogP contribution is 2.23. The van der Waals surface area contributed by atoms with Gasteiger partial charge in [0.1, 0.15) is 0 Å². The molecular weight excluding hydrogens is 208 g/mol. The minimum absolute atomic E-state index is 0.382. The normalized spacial score (nSPS) is 10.2. The highest BCUT2D eigenvalue weighted by Gasteiger charge is 2.25. The molecule has 108 valence electrons. The first-order chi connectivity index (χ1) is 7.89. The van der Waals surface area contributed by atoms with Crippen LogP contribution in [0.4, 0.5) is 0 Å². The largest absolute Gasteiger partial charge is 0.390 e. The zero-order valence-corrected chi connectivity index (χ0v) is 13.8. The second-order valence-corrected chi connectivity index (χ2v) is 5.03. The SMILES string of the molecule is CCC.CCC(O)(CC)C(C)C.CCCCC. The first-order valence-corrected chi connectivity index (χ1v) is 7.62. The van der Waals surface area contributed by atoms with Crippen LogP contribution in [0.25, 0.3) is 0 Å². The summed E-state index contributed by atoms with van der Waals surface area (Å²) in [6.07, 6.45) is 7.05. The molecule has 0 radical (unpaired) electrons. The van der Waals surface area contributed by atoms with E-state index >= 15 is 0 Å². The van der Waals surface area contributed by atoms with E-state index in [-0.39, 0.29) is 0 Å². The fraction of sp³-hybridized carbons (Fsp3) is 1.00. The van der Waals surface area contributed by atoms with Gasteiger partial charge in [0.2, 0.25) is 0 Å². The summed E-state index contributed by atoms with van der Waals surface area (Å²) in [7, 11) is 0. The lowest BCUT2D eigenvalue weighted by Gasteiger charge is -2.29. The van der Waals surface area contributed by atoms with Crippen molar-refractivity contribution in [2.75, 3.05) is 0 Å². The Balaban J connectivity index is -0.000000207. The molecule has 0 aliphatic rings. The van der Waals surface area contributed by atoms with Gasteiger partial charge in [0.05, 0.1) is 5.60 Å². The van der Waals surface area contributed by atoms with Crippen LogP contribution < -0.4 is 0 Å². The maximum absolute atomic E-state index is 9.71. The van der Waals surface area contributed by atoms with Crippen LogP contribution in [0.3, 0.4) is 0 Å². The molecule has 1 heteroatoms. The number of hydrogen-bond donors (Lipinski definition) is 1. The minimum Gasteiger partial charge on any atom is -0.390 e. The lowest BCUT2D eigenvalue weighted by Crippen LogP contribution is -2.32. The predicted octanol–water partition coefficient (Wildman–Crippen LogP) is 5.81. The van der Waals surface area contributed by atoms with Gasteiger partial charge < -0.3 is 5.11 Å². The van der Waals surface area contributed by atoms with Gasteiger partial charge in [-0.05, 0) is 18.8 Å². The maximum atomic E-state index is 9.71. The van der Waals surface area contributed by atoms with Crippen molar-refractivity contribution >= 4 is 0 Å². The smallest absolute Gasteiger partial charge is 0.0665 e. The van der Waals surface area contributed by atoms with E-state index in [0.29, 0.717) is 5.92 Å². The lowest BCUT2D eigenvalue weighted by atomic mass is 9.86. The molecule has 0 aromatic carbocycles. The van der Waals surface area contributed by atoms with Gasteiger partial charge in [-0.15, -0.1) is 0 Å². The van der Waals surface area contributed by atoms with Crippen LogP contribution in [0, 0.1) is 5.92 Å². The Morgan fingerprint density at radius 3 is 1.12 bits per heavy atom. The van der Waals surface area contributed by atoms with Gasteiger partial charge in [-0.1, -0.05) is 81.1 Å². The summed E-state index contributed by atoms with van der Waals surface area (Å²) in [4.78, 5) is 0. The highest BCUT2D eigenvalue weighted by atomic mass is 16.3. The summed E-state index contributed by atoms with van der Waals surface area (Å²) in [5.41, 5.74) is -0.417. The van der Waals surface area contributed by atoms with Crippen LogP contribution in [-0.4, -0.2) is 10.7 Å². The standard InChI is InChI=1S/C8H18O.C5H12.C3H8/c1-5-8(9,6-2)7(3)4;1-3-5-4-2;1-3-2/h7,9H,5-6H2,1-4H3;3-5H2,1-2H3;3H2,1-2H3. The average molecular weight is 246 g/mol. The Kier molecular flexibility index (Phi) is 20.8. The number of unbranched alkanes of at least 4 members (excludes halogenated alkanes) is 2. The molecule has 0 aliphatic carbocycles. The van der Waals surface area contributed by atoms with E-state index in [1.165, 1.54) is 25.7 Å². The molecule has 0 unspecified atom stereocenters. The minimum atomic E-state index is -0.417. The fourth-order valence-electron chi connectivity index (χ4n) is 1.42. The predicted molar refractivity (Wildman–Crippen MR) is 81.5 cm³/mol. The summed E-state index contributed by atoms with van der Waals surface area (Å²) >= 11 is 0. The molecule has 0 amide bonds. The molecule has 0 atom stereocenters. The van der Waals surface area contributed by atoms with E-state index < -0.39 is 5.60 Å². The summed E-state index contributed by atoms with van der Waals surface area (Å²) in [6, 6.07) is 0. The first-order valence-electron chi connectivity index (χ1n) is 7.62. The highest BCUT2D eigenvalue weighted by molar-refractivity contribution is 4.77. The third-order valence-electron chi connectivity index (χ3n) is 3.01. The molecule has 0 bridgehead atoms. The van der Waals surface area contributed by atoms with Gasteiger partial charge in [0, 0.05) is 0 Å². The molecule has 0 rings (SSSR count). The van der Waals surface area contributed by atoms with Crippen molar-refractivity contribution in [1.82, 2.24) is 0 Å². The van der Waals surface area contributed by atoms with E-state index in [1.807, 2.05) is 13.8 Å². The Morgan fingerprint density at radius 1 is 0.824 bits per heavy atom. The van der Waals surface area contributed by atoms with Crippen LogP contribution >= 0.6 is 0 Å². The van der Waals surface area contributed by atoms with Gasteiger partial charge in [0.25, 0.3) is 0 Å². The number of rotatable bonds is 5. The van der Waals surface area contributed by atoms with Crippen LogP contribution in [0.5, 0.6) is 0 Å². The monoisotopic (exact) mass is 246 g/mol. The van der Waals surface area contributed by atoms with Crippen molar-refractivity contribution in [1.29, 1.82) is 0 Å². The molecule has 1 nitrogen and oxygen atoms in total. The van der Waals surface area contributed by atoms with Gasteiger partial charge in [-0.3, -0.25) is 0 Å². The zero-order chi connectivity index (χ0) is 14.3. The van der Waals surface area contributed by atoms with Gasteiger partial charge >= 0.3 is 0 Å². The molecule has 0 aliphatic heterocycles. The van der Waals surface area contributed by atoms with E-state index in [4.69, 9.17) is 0 Å². The van der Waals surface area contributed by atoms with E-state index in [2.05, 4.69) is 41.5 Å². The van der Waals surface area contributed by atoms with Crippen molar-refractivity contribution < 1.29 is 5.11 Å². The number of aliphatic hydroxyl groups is 1. The molecule has 1 N–H and O–H groups in total. The molecule has 0 spiro atoms. The van der Waals surface area contributed by atoms with Gasteiger partial charge in [-0.25, -0.2) is 0 Å². The molecule has 0 fully saturated rings. The molecule has 0 aromatic rings. The number of hydrogen-bond acceptors (Lipinski definition) is 1. The summed E-state index contributed by atoms with van der Waals surface area (Å²) in [5, 5.41) is 9.71. The second kappa shape index (κ2) is 16.0. The van der Waals surface area contributed by atoms with Crippen LogP contribution in [-0.2, 0) is 0 Å². The van der Waals surface area contributed by atoms with Crippen molar-refractivity contribution in [3.05, 3.63) is 0 Å². The molecule has 17 heavy (non-hydrogen) atoms. The molecule has 0 saturated heterocycles. The molecule has 0 heterocycles. The second-order valence-electron chi connectivity index (χ2n) is 5.03. The quantitative estimate of drug-likeness (QED) is 0.649. The van der Waals surface area contributed by atoms with Crippen LogP contribution in [0.1, 0.15) is 93.9 Å². The van der Waals surface area contributed by atoms with Crippen molar-refractivity contribution in [2.24, 2.45) is 5.92 Å². The van der Waals surface area contributed by atoms with E-state index in [9.17, 15) is 5.11 Å². The Bertz CT molecular complexity index is 113. The van der Waals surface area contributed by atoms with Crippen LogP contribution in [0.2, 0.25) is 0 Å². The van der Waals surface area contributed by atoms with Gasteiger partial charge in [-0.2, -0.15) is 0 Å². The van der Waals surface area contributed by atoms with Crippen molar-refractivity contribution in [2.45, 2.75) is 99.5 Å². The van der Waals surface area contributed by atoms with E-state index in [1.54, 1.807) is 0 Å². The topological polar surface area (TPSA) is 20.2 Å². The first kappa shape index (κ1) is 22.2. The summed E-state index contributed by atoms with van der Waals surface area (Å²) in [5.74, 6) is 0.382. The Hall–Kier alpha value is -0.0400. The van der Waals surface area contributed by atoms with Crippen molar-refractivity contribution in [3.63, 3.8) is 0 Å². The Morgan fingerprint density at radius 2 is 1.12 bits per heavy atom. The summed E-state index contributed by atoms with van der Waals surface area (Å²) in [6.45, 7) is 16.9. The summed E-state index contributed by atoms with van der Waals surface area (Å²) < 4.78 is 0. The molecule has 0 aromatic heterocycles. The van der Waals surface area contributed by atoms with Crippen molar-refractivity contribution in [3.8, 4) is 0 Å². The Labute approximate surface area is 111 Å². The van der Waals surface area contributed by atoms with Crippen LogP contribution in [0.15, 0.2) is 0 Å². The fourth-order valence-corrected chi connectivity index (χ4v) is 1.42. The maximum Gasteiger partial charge on any atom is 0.0665 e. The van der Waals surface area contributed by atoms with Gasteiger partial charge in [0.15, 0.2) is 0 Å². The third kappa shape index (κ3) is 16.0. The molecule has 0 saturated carbocycles. The third-order valence-corrected chi connectivity index (χ3v) is 3.01.